The third-order valence-corrected chi connectivity index (χ3v) is 5.19. The van der Waals surface area contributed by atoms with Crippen LogP contribution >= 0.6 is 12.4 Å². The van der Waals surface area contributed by atoms with Crippen molar-refractivity contribution in [1.29, 1.82) is 0 Å². The molecule has 1 aromatic carbocycles. The number of hydrogen-bond acceptors (Lipinski definition) is 3. The van der Waals surface area contributed by atoms with Crippen molar-refractivity contribution >= 4 is 34.9 Å². The number of anilines is 1. The summed E-state index contributed by atoms with van der Waals surface area (Å²) in [7, 11) is 0. The molecule has 2 aromatic rings. The van der Waals surface area contributed by atoms with E-state index in [-0.39, 0.29) is 23.7 Å². The van der Waals surface area contributed by atoms with Crippen LogP contribution in [0.15, 0.2) is 24.4 Å². The molecule has 0 unspecified atom stereocenters. The van der Waals surface area contributed by atoms with Crippen molar-refractivity contribution in [3.63, 3.8) is 0 Å². The van der Waals surface area contributed by atoms with Gasteiger partial charge in [-0.05, 0) is 43.5 Å². The van der Waals surface area contributed by atoms with E-state index >= 15 is 0 Å². The van der Waals surface area contributed by atoms with Crippen LogP contribution in [0.3, 0.4) is 0 Å². The van der Waals surface area contributed by atoms with Crippen molar-refractivity contribution in [2.24, 2.45) is 11.3 Å². The van der Waals surface area contributed by atoms with E-state index in [9.17, 15) is 4.79 Å². The monoisotopic (exact) mass is 320 g/mol. The van der Waals surface area contributed by atoms with Crippen LogP contribution in [0, 0.1) is 11.3 Å². The smallest absolute Gasteiger partial charge is 0.232 e. The number of fused-ring (bicyclic) bond motifs is 2. The van der Waals surface area contributed by atoms with Gasteiger partial charge in [-0.15, -0.1) is 12.4 Å². The standard InChI is InChI=1S/C16H20N4O.ClH/c21-15(16-6-2-1-3-12(16)9-17-10-16)19-13-4-5-14-11(7-13)8-18-20-14;/h4-5,7-8,12,17H,1-3,6,9-10H2,(H,18,20)(H,19,21);1H/t12-,16+;/m0./s1. The summed E-state index contributed by atoms with van der Waals surface area (Å²) < 4.78 is 0. The molecule has 118 valence electrons. The summed E-state index contributed by atoms with van der Waals surface area (Å²) in [5, 5.41) is 14.5. The van der Waals surface area contributed by atoms with Crippen LogP contribution in [0.4, 0.5) is 5.69 Å². The van der Waals surface area contributed by atoms with E-state index in [0.717, 1.165) is 42.5 Å². The molecule has 6 heteroatoms. The average molecular weight is 321 g/mol. The Morgan fingerprint density at radius 1 is 1.36 bits per heavy atom. The first-order valence-electron chi connectivity index (χ1n) is 7.73. The highest BCUT2D eigenvalue weighted by Crippen LogP contribution is 2.44. The van der Waals surface area contributed by atoms with E-state index in [4.69, 9.17) is 0 Å². The normalized spacial score (nSPS) is 27.2. The summed E-state index contributed by atoms with van der Waals surface area (Å²) in [6.45, 7) is 1.80. The number of aromatic amines is 1. The maximum atomic E-state index is 12.9. The molecule has 0 bridgehead atoms. The lowest BCUT2D eigenvalue weighted by molar-refractivity contribution is -0.128. The minimum absolute atomic E-state index is 0. The number of H-pyrrole nitrogens is 1. The van der Waals surface area contributed by atoms with Crippen molar-refractivity contribution in [2.75, 3.05) is 18.4 Å². The lowest BCUT2D eigenvalue weighted by Crippen LogP contribution is -2.44. The first-order chi connectivity index (χ1) is 10.3. The van der Waals surface area contributed by atoms with Crippen molar-refractivity contribution in [2.45, 2.75) is 25.7 Å². The van der Waals surface area contributed by atoms with Gasteiger partial charge in [0.25, 0.3) is 0 Å². The van der Waals surface area contributed by atoms with Gasteiger partial charge in [0.05, 0.1) is 17.1 Å². The number of carbonyl (C=O) groups excluding carboxylic acids is 1. The first-order valence-corrected chi connectivity index (χ1v) is 7.73. The Labute approximate surface area is 135 Å². The first kappa shape index (κ1) is 15.3. The topological polar surface area (TPSA) is 69.8 Å². The molecule has 4 rings (SSSR count). The molecular weight excluding hydrogens is 300 g/mol. The Kier molecular flexibility index (Phi) is 4.10. The van der Waals surface area contributed by atoms with Crippen LogP contribution in [0.25, 0.3) is 10.9 Å². The van der Waals surface area contributed by atoms with Gasteiger partial charge in [-0.3, -0.25) is 9.89 Å². The number of nitrogens with zero attached hydrogens (tertiary/aromatic N) is 1. The maximum absolute atomic E-state index is 12.9. The molecule has 1 aromatic heterocycles. The SMILES string of the molecule is Cl.O=C(Nc1ccc2[nH]ncc2c1)[C@@]12CCCC[C@H]1CNC2. The van der Waals surface area contributed by atoms with Crippen LogP contribution in [0.2, 0.25) is 0 Å². The fraction of sp³-hybridized carbons (Fsp3) is 0.500. The summed E-state index contributed by atoms with van der Waals surface area (Å²) >= 11 is 0. The fourth-order valence-electron chi connectivity index (χ4n) is 3.97. The largest absolute Gasteiger partial charge is 0.326 e. The number of nitrogens with one attached hydrogen (secondary N) is 3. The molecule has 5 nitrogen and oxygen atoms in total. The number of amides is 1. The van der Waals surface area contributed by atoms with Gasteiger partial charge in [0, 0.05) is 17.6 Å². The minimum atomic E-state index is -0.205. The molecular formula is C16H21ClN4O. The van der Waals surface area contributed by atoms with Crippen LogP contribution in [-0.2, 0) is 4.79 Å². The van der Waals surface area contributed by atoms with E-state index in [0.29, 0.717) is 5.92 Å². The number of rotatable bonds is 2. The summed E-state index contributed by atoms with van der Waals surface area (Å²) in [4.78, 5) is 12.9. The maximum Gasteiger partial charge on any atom is 0.232 e. The van der Waals surface area contributed by atoms with E-state index in [1.165, 1.54) is 12.8 Å². The van der Waals surface area contributed by atoms with Crippen molar-refractivity contribution < 1.29 is 4.79 Å². The molecule has 2 atom stereocenters. The van der Waals surface area contributed by atoms with Crippen molar-refractivity contribution in [1.82, 2.24) is 15.5 Å². The van der Waals surface area contributed by atoms with Gasteiger partial charge in [-0.1, -0.05) is 12.8 Å². The molecule has 22 heavy (non-hydrogen) atoms. The Bertz CT molecular complexity index is 686. The number of benzene rings is 1. The Morgan fingerprint density at radius 3 is 3.18 bits per heavy atom. The molecule has 1 aliphatic heterocycles. The Hall–Kier alpha value is -1.59. The molecule has 1 saturated heterocycles. The van der Waals surface area contributed by atoms with Crippen molar-refractivity contribution in [3.8, 4) is 0 Å². The number of hydrogen-bond donors (Lipinski definition) is 3. The van der Waals surface area contributed by atoms with Crippen molar-refractivity contribution in [3.05, 3.63) is 24.4 Å². The Balaban J connectivity index is 0.00000144. The van der Waals surface area contributed by atoms with Crippen LogP contribution in [0.1, 0.15) is 25.7 Å². The highest BCUT2D eigenvalue weighted by molar-refractivity contribution is 5.97. The molecule has 1 amide bonds. The quantitative estimate of drug-likeness (QED) is 0.797. The van der Waals surface area contributed by atoms with Gasteiger partial charge in [0.2, 0.25) is 5.91 Å². The lowest BCUT2D eigenvalue weighted by atomic mass is 9.67. The molecule has 2 heterocycles. The molecule has 0 radical (unpaired) electrons. The van der Waals surface area contributed by atoms with Gasteiger partial charge in [-0.2, -0.15) is 5.10 Å². The number of halogens is 1. The zero-order valence-electron chi connectivity index (χ0n) is 12.4. The van der Waals surface area contributed by atoms with Gasteiger partial charge < -0.3 is 10.6 Å². The second kappa shape index (κ2) is 5.89. The van der Waals surface area contributed by atoms with Gasteiger partial charge >= 0.3 is 0 Å². The van der Waals surface area contributed by atoms with Gasteiger partial charge in [-0.25, -0.2) is 0 Å². The summed E-state index contributed by atoms with van der Waals surface area (Å²) in [6, 6.07) is 5.88. The fourth-order valence-corrected chi connectivity index (χ4v) is 3.97. The summed E-state index contributed by atoms with van der Waals surface area (Å²) in [5.74, 6) is 0.670. The van der Waals surface area contributed by atoms with Gasteiger partial charge in [0.1, 0.15) is 0 Å². The number of aromatic nitrogens is 2. The highest BCUT2D eigenvalue weighted by atomic mass is 35.5. The lowest BCUT2D eigenvalue weighted by Gasteiger charge is -2.37. The molecule has 3 N–H and O–H groups in total. The summed E-state index contributed by atoms with van der Waals surface area (Å²) in [5.41, 5.74) is 1.65. The summed E-state index contributed by atoms with van der Waals surface area (Å²) in [6.07, 6.45) is 6.37. The van der Waals surface area contributed by atoms with Crippen LogP contribution < -0.4 is 10.6 Å². The zero-order valence-corrected chi connectivity index (χ0v) is 13.2. The molecule has 1 aliphatic carbocycles. The van der Waals surface area contributed by atoms with E-state index in [1.54, 1.807) is 6.20 Å². The number of carbonyl (C=O) groups is 1. The third kappa shape index (κ3) is 2.38. The second-order valence-corrected chi connectivity index (χ2v) is 6.36. The minimum Gasteiger partial charge on any atom is -0.326 e. The van der Waals surface area contributed by atoms with E-state index in [2.05, 4.69) is 20.8 Å². The van der Waals surface area contributed by atoms with Crippen LogP contribution in [0.5, 0.6) is 0 Å². The highest BCUT2D eigenvalue weighted by Gasteiger charge is 2.49. The predicted octanol–water partition coefficient (Wildman–Crippen LogP) is 2.70. The van der Waals surface area contributed by atoms with Crippen LogP contribution in [-0.4, -0.2) is 29.2 Å². The average Bonchev–Trinajstić information content (AvgIpc) is 3.13. The molecule has 2 fully saturated rings. The second-order valence-electron chi connectivity index (χ2n) is 6.36. The predicted molar refractivity (Wildman–Crippen MR) is 89.2 cm³/mol. The zero-order chi connectivity index (χ0) is 14.3. The van der Waals surface area contributed by atoms with E-state index < -0.39 is 0 Å². The van der Waals surface area contributed by atoms with E-state index in [1.807, 2.05) is 18.2 Å². The molecule has 2 aliphatic rings. The molecule has 0 spiro atoms. The third-order valence-electron chi connectivity index (χ3n) is 5.19. The molecule has 1 saturated carbocycles. The van der Waals surface area contributed by atoms with Gasteiger partial charge in [0.15, 0.2) is 0 Å². The Morgan fingerprint density at radius 2 is 2.27 bits per heavy atom.